The van der Waals surface area contributed by atoms with Gasteiger partial charge in [0.1, 0.15) is 54.4 Å². The highest BCUT2D eigenvalue weighted by atomic mass is 28.3. The number of hydrogen-bond acceptors (Lipinski definition) is 4. The molecule has 1 aliphatic carbocycles. The fourth-order valence-corrected chi connectivity index (χ4v) is 17.3. The molecule has 202 valence electrons. The predicted octanol–water partition coefficient (Wildman–Crippen LogP) is 5.32. The van der Waals surface area contributed by atoms with Crippen LogP contribution in [0.25, 0.3) is 10.8 Å². The van der Waals surface area contributed by atoms with Gasteiger partial charge in [0.05, 0.1) is 5.54 Å². The molecule has 0 radical (unpaired) electrons. The SMILES string of the molecule is C[Si]12c3ccccc3Oc3cccc(c31)Oc1c2ccc2c3c(ccc12)[Si]1(C)c2ccccc2OC2=CC=CC(O3)C21. The molecule has 0 bridgehead atoms. The fourth-order valence-electron chi connectivity index (χ4n) is 8.36. The van der Waals surface area contributed by atoms with Crippen LogP contribution in [0.5, 0.6) is 34.5 Å². The minimum Gasteiger partial charge on any atom is -0.485 e. The standard InChI is InChI=1S/C36H26O4Si2/c1-41-29-15-5-3-9-23(29)37-25-11-7-13-27(35(25)41)39-33-21-18-20-32-34(22(21)17-19-31(33)41)40-28-14-8-12-26-36(28)42(32,2)30-16-6-4-10-24(30)38-26/h3-20,27,35H,1-2H3. The minimum atomic E-state index is -2.41. The number of allylic oxidation sites excluding steroid dienone is 2. The second-order valence-corrected chi connectivity index (χ2v) is 20.2. The van der Waals surface area contributed by atoms with E-state index in [2.05, 4.69) is 116 Å². The second-order valence-electron chi connectivity index (χ2n) is 12.2. The molecule has 0 saturated heterocycles. The van der Waals surface area contributed by atoms with Crippen molar-refractivity contribution >= 4 is 52.9 Å². The molecule has 4 heterocycles. The van der Waals surface area contributed by atoms with Crippen LogP contribution in [0.3, 0.4) is 0 Å². The Bertz CT molecular complexity index is 2120. The first-order valence-electron chi connectivity index (χ1n) is 14.6. The van der Waals surface area contributed by atoms with E-state index in [9.17, 15) is 0 Å². The third-order valence-electron chi connectivity index (χ3n) is 10.3. The Hall–Kier alpha value is -4.53. The van der Waals surface area contributed by atoms with E-state index in [1.54, 1.807) is 0 Å². The minimum absolute atomic E-state index is 0.0670. The van der Waals surface area contributed by atoms with Crippen molar-refractivity contribution in [3.8, 4) is 34.5 Å². The summed E-state index contributed by atoms with van der Waals surface area (Å²) in [4.78, 5) is 0. The quantitative estimate of drug-likeness (QED) is 0.233. The summed E-state index contributed by atoms with van der Waals surface area (Å²) < 4.78 is 26.7. The molecule has 42 heavy (non-hydrogen) atoms. The first-order valence-corrected chi connectivity index (χ1v) is 19.7. The van der Waals surface area contributed by atoms with E-state index in [4.69, 9.17) is 18.9 Å². The summed E-state index contributed by atoms with van der Waals surface area (Å²) in [5, 5.41) is 8.67. The molecule has 0 fully saturated rings. The summed E-state index contributed by atoms with van der Waals surface area (Å²) in [6.45, 7) is 4.93. The van der Waals surface area contributed by atoms with Crippen molar-refractivity contribution in [3.63, 3.8) is 0 Å². The van der Waals surface area contributed by atoms with Crippen LogP contribution in [0, 0.1) is 0 Å². The van der Waals surface area contributed by atoms with Crippen molar-refractivity contribution in [2.24, 2.45) is 0 Å². The Morgan fingerprint density at radius 3 is 2.07 bits per heavy atom. The van der Waals surface area contributed by atoms with Gasteiger partial charge >= 0.3 is 0 Å². The highest BCUT2D eigenvalue weighted by Crippen LogP contribution is 2.49. The van der Waals surface area contributed by atoms with Crippen LogP contribution in [0.1, 0.15) is 0 Å². The van der Waals surface area contributed by atoms with Gasteiger partial charge in [0.15, 0.2) is 8.07 Å². The van der Waals surface area contributed by atoms with Gasteiger partial charge in [-0.3, -0.25) is 0 Å². The van der Waals surface area contributed by atoms with Gasteiger partial charge in [-0.05, 0) is 57.2 Å². The molecular formula is C36H26O4Si2. The van der Waals surface area contributed by atoms with Crippen molar-refractivity contribution in [3.05, 3.63) is 115 Å². The van der Waals surface area contributed by atoms with Gasteiger partial charge in [-0.15, -0.1) is 0 Å². The summed E-state index contributed by atoms with van der Waals surface area (Å²) in [6.07, 6.45) is 6.36. The highest BCUT2D eigenvalue weighted by molar-refractivity contribution is 7.13. The average molecular weight is 579 g/mol. The van der Waals surface area contributed by atoms with E-state index in [0.29, 0.717) is 0 Å². The molecule has 5 aliphatic rings. The number of benzene rings is 5. The van der Waals surface area contributed by atoms with Crippen LogP contribution in [0.4, 0.5) is 0 Å². The number of rotatable bonds is 0. The van der Waals surface area contributed by atoms with Crippen molar-refractivity contribution in [1.29, 1.82) is 0 Å². The summed E-state index contributed by atoms with van der Waals surface area (Å²) in [5.74, 6) is 6.73. The Morgan fingerprint density at radius 2 is 1.24 bits per heavy atom. The van der Waals surface area contributed by atoms with Gasteiger partial charge in [-0.25, -0.2) is 0 Å². The highest BCUT2D eigenvalue weighted by Gasteiger charge is 2.57. The lowest BCUT2D eigenvalue weighted by Gasteiger charge is -2.49. The molecule has 0 N–H and O–H groups in total. The third kappa shape index (κ3) is 2.59. The normalized spacial score (nSPS) is 26.4. The lowest BCUT2D eigenvalue weighted by Crippen LogP contribution is -2.68. The van der Waals surface area contributed by atoms with Gasteiger partial charge in [0.2, 0.25) is 0 Å². The topological polar surface area (TPSA) is 36.9 Å². The summed E-state index contributed by atoms with van der Waals surface area (Å²) in [7, 11) is -4.71. The molecule has 4 atom stereocenters. The molecule has 4 unspecified atom stereocenters. The van der Waals surface area contributed by atoms with Crippen LogP contribution in [0.15, 0.2) is 115 Å². The molecule has 0 spiro atoms. The fraction of sp³-hybridized carbons (Fsp3) is 0.111. The predicted molar refractivity (Wildman–Crippen MR) is 171 cm³/mol. The van der Waals surface area contributed by atoms with Gasteiger partial charge in [-0.2, -0.15) is 0 Å². The van der Waals surface area contributed by atoms with Crippen LogP contribution in [-0.4, -0.2) is 22.3 Å². The Morgan fingerprint density at radius 1 is 0.571 bits per heavy atom. The molecule has 5 aromatic rings. The molecule has 4 nitrogen and oxygen atoms in total. The van der Waals surface area contributed by atoms with E-state index in [-0.39, 0.29) is 11.6 Å². The van der Waals surface area contributed by atoms with Crippen LogP contribution < -0.4 is 44.9 Å². The second kappa shape index (κ2) is 7.65. The average Bonchev–Trinajstić information content (AvgIpc) is 3.01. The molecule has 0 saturated carbocycles. The Labute approximate surface area is 245 Å². The van der Waals surface area contributed by atoms with Crippen LogP contribution in [0.2, 0.25) is 18.6 Å². The van der Waals surface area contributed by atoms with Gasteiger partial charge < -0.3 is 18.9 Å². The number of para-hydroxylation sites is 2. The first kappa shape index (κ1) is 23.1. The largest absolute Gasteiger partial charge is 0.485 e. The zero-order chi connectivity index (χ0) is 27.8. The van der Waals surface area contributed by atoms with Crippen LogP contribution >= 0.6 is 0 Å². The van der Waals surface area contributed by atoms with Gasteiger partial charge in [0, 0.05) is 16.0 Å². The van der Waals surface area contributed by atoms with Crippen molar-refractivity contribution in [1.82, 2.24) is 0 Å². The van der Waals surface area contributed by atoms with Gasteiger partial charge in [-0.1, -0.05) is 85.9 Å². The van der Waals surface area contributed by atoms with E-state index in [1.165, 1.54) is 25.9 Å². The number of fused-ring (bicyclic) bond motifs is 11. The molecule has 6 heteroatoms. The monoisotopic (exact) mass is 578 g/mol. The number of ether oxygens (including phenoxy) is 4. The maximum Gasteiger partial charge on any atom is 0.164 e. The summed E-state index contributed by atoms with van der Waals surface area (Å²) in [5.41, 5.74) is 0.201. The van der Waals surface area contributed by atoms with Crippen LogP contribution in [-0.2, 0) is 0 Å². The maximum absolute atomic E-state index is 6.95. The molecule has 0 aromatic heterocycles. The van der Waals surface area contributed by atoms with E-state index >= 15 is 0 Å². The molecule has 0 amide bonds. The van der Waals surface area contributed by atoms with E-state index < -0.39 is 16.1 Å². The lowest BCUT2D eigenvalue weighted by atomic mass is 10.1. The summed E-state index contributed by atoms with van der Waals surface area (Å²) in [6, 6.07) is 32.5. The molecule has 5 aromatic carbocycles. The first-order chi connectivity index (χ1) is 20.6. The lowest BCUT2D eigenvalue weighted by molar-refractivity contribution is 0.219. The molecule has 10 rings (SSSR count). The van der Waals surface area contributed by atoms with E-state index in [0.717, 1.165) is 51.0 Å². The summed E-state index contributed by atoms with van der Waals surface area (Å²) >= 11 is 0. The van der Waals surface area contributed by atoms with Crippen molar-refractivity contribution in [2.45, 2.75) is 24.7 Å². The Kier molecular flexibility index (Phi) is 4.20. The third-order valence-corrected chi connectivity index (χ3v) is 19.6. The molecular weight excluding hydrogens is 553 g/mol. The maximum atomic E-state index is 6.95. The van der Waals surface area contributed by atoms with Crippen molar-refractivity contribution in [2.75, 3.05) is 0 Å². The smallest absolute Gasteiger partial charge is 0.164 e. The zero-order valence-corrected chi connectivity index (χ0v) is 25.2. The van der Waals surface area contributed by atoms with Crippen molar-refractivity contribution < 1.29 is 18.9 Å². The molecule has 4 aliphatic heterocycles. The zero-order valence-electron chi connectivity index (χ0n) is 23.2. The van der Waals surface area contributed by atoms with E-state index in [1.807, 2.05) is 6.07 Å². The Balaban J connectivity index is 1.25. The van der Waals surface area contributed by atoms with Gasteiger partial charge in [0.25, 0.3) is 0 Å². The number of hydrogen-bond donors (Lipinski definition) is 0.